The Balaban J connectivity index is 2.04. The van der Waals surface area contributed by atoms with Crippen LogP contribution in [-0.4, -0.2) is 35.2 Å². The minimum atomic E-state index is -0.915. The number of ether oxygens (including phenoxy) is 1. The highest BCUT2D eigenvalue weighted by Gasteiger charge is 2.32. The fourth-order valence-corrected chi connectivity index (χ4v) is 2.03. The molecule has 1 saturated heterocycles. The maximum atomic E-state index is 11.6. The quantitative estimate of drug-likeness (QED) is 0.885. The van der Waals surface area contributed by atoms with Crippen molar-refractivity contribution in [2.45, 2.75) is 19.4 Å². The van der Waals surface area contributed by atoms with Crippen molar-refractivity contribution in [2.75, 3.05) is 13.1 Å². The number of carbonyl (C=O) groups excluding carboxylic acids is 1. The van der Waals surface area contributed by atoms with E-state index >= 15 is 0 Å². The van der Waals surface area contributed by atoms with Gasteiger partial charge in [0, 0.05) is 6.54 Å². The van der Waals surface area contributed by atoms with Crippen molar-refractivity contribution in [2.24, 2.45) is 0 Å². The summed E-state index contributed by atoms with van der Waals surface area (Å²) < 4.78 is 5.27. The van der Waals surface area contributed by atoms with Crippen LogP contribution in [-0.2, 0) is 9.53 Å². The number of carboxylic acids is 1. The highest BCUT2D eigenvalue weighted by Crippen LogP contribution is 2.28. The highest BCUT2D eigenvalue weighted by atomic mass is 16.6. The molecule has 0 bridgehead atoms. The van der Waals surface area contributed by atoms with Crippen LogP contribution in [0.1, 0.15) is 23.7 Å². The summed E-state index contributed by atoms with van der Waals surface area (Å²) in [7, 11) is 0. The van der Waals surface area contributed by atoms with E-state index in [1.54, 1.807) is 0 Å². The van der Waals surface area contributed by atoms with Gasteiger partial charge >= 0.3 is 12.1 Å². The summed E-state index contributed by atoms with van der Waals surface area (Å²) in [6.07, 6.45) is -0.799. The van der Waals surface area contributed by atoms with E-state index < -0.39 is 12.1 Å². The molecule has 0 spiro atoms. The lowest BCUT2D eigenvalue weighted by Crippen LogP contribution is -2.27. The zero-order chi connectivity index (χ0) is 13.1. The number of carboxylic acid groups (broad SMARTS) is 1. The Labute approximate surface area is 105 Å². The van der Waals surface area contributed by atoms with E-state index in [0.717, 1.165) is 11.1 Å². The van der Waals surface area contributed by atoms with Crippen LogP contribution in [0.4, 0.5) is 4.79 Å². The van der Waals surface area contributed by atoms with Gasteiger partial charge in [-0.05, 0) is 18.1 Å². The first-order valence-electron chi connectivity index (χ1n) is 5.81. The summed E-state index contributed by atoms with van der Waals surface area (Å²) in [6.45, 7) is 2.57. The van der Waals surface area contributed by atoms with Crippen LogP contribution >= 0.6 is 0 Å². The van der Waals surface area contributed by atoms with E-state index in [9.17, 15) is 9.59 Å². The van der Waals surface area contributed by atoms with Crippen LogP contribution in [0.2, 0.25) is 0 Å². The Morgan fingerprint density at radius 1 is 1.50 bits per heavy atom. The molecule has 0 saturated carbocycles. The number of amides is 1. The summed E-state index contributed by atoms with van der Waals surface area (Å²) in [5, 5.41) is 8.61. The fourth-order valence-electron chi connectivity index (χ4n) is 2.03. The average molecular weight is 249 g/mol. The summed E-state index contributed by atoms with van der Waals surface area (Å²) in [4.78, 5) is 23.5. The number of cyclic esters (lactones) is 1. The first-order chi connectivity index (χ1) is 8.58. The third-order valence-electron chi connectivity index (χ3n) is 3.02. The van der Waals surface area contributed by atoms with Gasteiger partial charge < -0.3 is 14.7 Å². The predicted octanol–water partition coefficient (Wildman–Crippen LogP) is 1.96. The van der Waals surface area contributed by atoms with Gasteiger partial charge in [0.1, 0.15) is 6.10 Å². The van der Waals surface area contributed by atoms with Crippen LogP contribution in [0, 0.1) is 6.92 Å². The molecule has 5 heteroatoms. The standard InChI is InChI=1S/C13H15NO4/c1-9-4-2-3-5-10(9)11-8-14(13(17)18-11)7-6-12(15)16/h2-5,11H,6-8H2,1H3,(H,15,16). The molecule has 96 valence electrons. The number of aryl methyl sites for hydroxylation is 1. The number of carbonyl (C=O) groups is 2. The lowest BCUT2D eigenvalue weighted by Gasteiger charge is -2.12. The minimum absolute atomic E-state index is 0.0599. The molecule has 1 fully saturated rings. The van der Waals surface area contributed by atoms with Crippen molar-refractivity contribution in [1.82, 2.24) is 4.90 Å². The Hall–Kier alpha value is -2.04. The van der Waals surface area contributed by atoms with Crippen LogP contribution in [0.25, 0.3) is 0 Å². The van der Waals surface area contributed by atoms with E-state index in [1.165, 1.54) is 4.90 Å². The fraction of sp³-hybridized carbons (Fsp3) is 0.385. The highest BCUT2D eigenvalue weighted by molar-refractivity contribution is 5.72. The normalized spacial score (nSPS) is 18.8. The lowest BCUT2D eigenvalue weighted by atomic mass is 10.0. The number of aliphatic carboxylic acids is 1. The lowest BCUT2D eigenvalue weighted by molar-refractivity contribution is -0.137. The molecular formula is C13H15NO4. The number of hydrogen-bond acceptors (Lipinski definition) is 3. The van der Waals surface area contributed by atoms with Gasteiger partial charge in [0.2, 0.25) is 0 Å². The maximum Gasteiger partial charge on any atom is 0.410 e. The first-order valence-corrected chi connectivity index (χ1v) is 5.81. The first kappa shape index (κ1) is 12.4. The molecule has 0 aliphatic carbocycles. The van der Waals surface area contributed by atoms with Crippen molar-refractivity contribution in [3.8, 4) is 0 Å². The smallest absolute Gasteiger partial charge is 0.410 e. The van der Waals surface area contributed by atoms with Crippen molar-refractivity contribution in [1.29, 1.82) is 0 Å². The van der Waals surface area contributed by atoms with Crippen molar-refractivity contribution >= 4 is 12.1 Å². The van der Waals surface area contributed by atoms with E-state index in [-0.39, 0.29) is 19.1 Å². The number of rotatable bonds is 4. The summed E-state index contributed by atoms with van der Waals surface area (Å²) >= 11 is 0. The van der Waals surface area contributed by atoms with Crippen LogP contribution in [0.5, 0.6) is 0 Å². The van der Waals surface area contributed by atoms with Crippen LogP contribution < -0.4 is 0 Å². The third-order valence-corrected chi connectivity index (χ3v) is 3.02. The predicted molar refractivity (Wildman–Crippen MR) is 64.2 cm³/mol. The minimum Gasteiger partial charge on any atom is -0.481 e. The summed E-state index contributed by atoms with van der Waals surface area (Å²) in [6, 6.07) is 7.71. The summed E-state index contributed by atoms with van der Waals surface area (Å²) in [5.41, 5.74) is 2.04. The Bertz CT molecular complexity index is 472. The molecule has 2 rings (SSSR count). The van der Waals surface area contributed by atoms with E-state index in [0.29, 0.717) is 6.54 Å². The molecule has 1 N–H and O–H groups in total. The Morgan fingerprint density at radius 3 is 2.89 bits per heavy atom. The van der Waals surface area contributed by atoms with Gasteiger partial charge in [0.25, 0.3) is 0 Å². The SMILES string of the molecule is Cc1ccccc1C1CN(CCC(=O)O)C(=O)O1. The third kappa shape index (κ3) is 2.61. The van der Waals surface area contributed by atoms with Gasteiger partial charge in [-0.3, -0.25) is 4.79 Å². The Morgan fingerprint density at radius 2 is 2.22 bits per heavy atom. The molecule has 1 atom stereocenters. The molecule has 1 aromatic rings. The van der Waals surface area contributed by atoms with Crippen molar-refractivity contribution in [3.63, 3.8) is 0 Å². The van der Waals surface area contributed by atoms with Gasteiger partial charge in [0.05, 0.1) is 13.0 Å². The monoisotopic (exact) mass is 249 g/mol. The van der Waals surface area contributed by atoms with E-state index in [4.69, 9.17) is 9.84 Å². The second-order valence-corrected chi connectivity index (χ2v) is 4.32. The van der Waals surface area contributed by atoms with Crippen LogP contribution in [0.15, 0.2) is 24.3 Å². The molecule has 5 nitrogen and oxygen atoms in total. The largest absolute Gasteiger partial charge is 0.481 e. The molecule has 1 amide bonds. The maximum absolute atomic E-state index is 11.6. The molecule has 0 aromatic heterocycles. The molecule has 1 aromatic carbocycles. The Kier molecular flexibility index (Phi) is 3.50. The van der Waals surface area contributed by atoms with Gasteiger partial charge in [0.15, 0.2) is 0 Å². The van der Waals surface area contributed by atoms with Gasteiger partial charge in [-0.25, -0.2) is 4.79 Å². The van der Waals surface area contributed by atoms with Crippen molar-refractivity contribution in [3.05, 3.63) is 35.4 Å². The van der Waals surface area contributed by atoms with Gasteiger partial charge in [-0.15, -0.1) is 0 Å². The second kappa shape index (κ2) is 5.08. The van der Waals surface area contributed by atoms with E-state index in [1.807, 2.05) is 31.2 Å². The molecule has 18 heavy (non-hydrogen) atoms. The summed E-state index contributed by atoms with van der Waals surface area (Å²) in [5.74, 6) is -0.915. The zero-order valence-electron chi connectivity index (χ0n) is 10.1. The van der Waals surface area contributed by atoms with Gasteiger partial charge in [-0.1, -0.05) is 24.3 Å². The number of benzene rings is 1. The zero-order valence-corrected chi connectivity index (χ0v) is 10.1. The number of hydrogen-bond donors (Lipinski definition) is 1. The van der Waals surface area contributed by atoms with Crippen LogP contribution in [0.3, 0.4) is 0 Å². The number of nitrogens with zero attached hydrogens (tertiary/aromatic N) is 1. The molecule has 1 heterocycles. The molecular weight excluding hydrogens is 234 g/mol. The second-order valence-electron chi connectivity index (χ2n) is 4.32. The van der Waals surface area contributed by atoms with E-state index in [2.05, 4.69) is 0 Å². The van der Waals surface area contributed by atoms with Gasteiger partial charge in [-0.2, -0.15) is 0 Å². The molecule has 1 unspecified atom stereocenters. The molecule has 1 aliphatic rings. The molecule has 0 radical (unpaired) electrons. The van der Waals surface area contributed by atoms with Crippen molar-refractivity contribution < 1.29 is 19.4 Å². The molecule has 1 aliphatic heterocycles. The topological polar surface area (TPSA) is 66.8 Å². The average Bonchev–Trinajstić information content (AvgIpc) is 2.68.